The highest BCUT2D eigenvalue weighted by Gasteiger charge is 2.10. The lowest BCUT2D eigenvalue weighted by atomic mass is 10.1. The van der Waals surface area contributed by atoms with E-state index in [0.29, 0.717) is 36.2 Å². The SMILES string of the molecule is COc1ccc(C)c2cc(CCNC(=O)CCc3cccs3)c(=O)[nH]c12. The van der Waals surface area contributed by atoms with Gasteiger partial charge < -0.3 is 15.0 Å². The van der Waals surface area contributed by atoms with Crippen LogP contribution in [0.3, 0.4) is 0 Å². The van der Waals surface area contributed by atoms with Gasteiger partial charge in [0, 0.05) is 28.8 Å². The molecule has 0 unspecified atom stereocenters. The molecule has 0 radical (unpaired) electrons. The van der Waals surface area contributed by atoms with E-state index in [1.807, 2.05) is 42.6 Å². The number of carbonyl (C=O) groups excluding carboxylic acids is 1. The molecule has 0 aliphatic rings. The average Bonchev–Trinajstić information content (AvgIpc) is 3.15. The standard InChI is InChI=1S/C20H22N2O3S/c1-13-5-7-17(25-2)19-16(13)12-14(20(24)22-19)9-10-21-18(23)8-6-15-4-3-11-26-15/h3-5,7,11-12H,6,8-10H2,1-2H3,(H,21,23)(H,22,24). The second-order valence-electron chi connectivity index (χ2n) is 6.18. The monoisotopic (exact) mass is 370 g/mol. The van der Waals surface area contributed by atoms with Gasteiger partial charge in [0.25, 0.3) is 5.56 Å². The van der Waals surface area contributed by atoms with E-state index in [1.54, 1.807) is 18.4 Å². The van der Waals surface area contributed by atoms with Crippen LogP contribution in [0.1, 0.15) is 22.4 Å². The van der Waals surface area contributed by atoms with Crippen molar-refractivity contribution in [2.45, 2.75) is 26.2 Å². The summed E-state index contributed by atoms with van der Waals surface area (Å²) in [5.74, 6) is 0.657. The van der Waals surface area contributed by atoms with Crippen LogP contribution in [0.25, 0.3) is 10.9 Å². The summed E-state index contributed by atoms with van der Waals surface area (Å²) in [6.45, 7) is 2.44. The number of benzene rings is 1. The predicted molar refractivity (Wildman–Crippen MR) is 105 cm³/mol. The lowest BCUT2D eigenvalue weighted by molar-refractivity contribution is -0.121. The van der Waals surface area contributed by atoms with Crippen molar-refractivity contribution >= 4 is 28.1 Å². The van der Waals surface area contributed by atoms with E-state index in [0.717, 1.165) is 17.4 Å². The van der Waals surface area contributed by atoms with E-state index in [9.17, 15) is 9.59 Å². The summed E-state index contributed by atoms with van der Waals surface area (Å²) < 4.78 is 5.32. The smallest absolute Gasteiger partial charge is 0.251 e. The fourth-order valence-electron chi connectivity index (χ4n) is 2.92. The predicted octanol–water partition coefficient (Wildman–Crippen LogP) is 3.20. The number of carbonyl (C=O) groups is 1. The van der Waals surface area contributed by atoms with Crippen molar-refractivity contribution in [1.82, 2.24) is 10.3 Å². The summed E-state index contributed by atoms with van der Waals surface area (Å²) in [5.41, 5.74) is 2.29. The molecule has 26 heavy (non-hydrogen) atoms. The Bertz CT molecular complexity index is 961. The maximum atomic E-state index is 12.3. The Kier molecular flexibility index (Phi) is 5.73. The van der Waals surface area contributed by atoms with Gasteiger partial charge in [-0.1, -0.05) is 12.1 Å². The molecule has 1 aromatic carbocycles. The van der Waals surface area contributed by atoms with Gasteiger partial charge in [-0.25, -0.2) is 0 Å². The van der Waals surface area contributed by atoms with E-state index in [1.165, 1.54) is 4.88 Å². The van der Waals surface area contributed by atoms with Crippen LogP contribution in [0.4, 0.5) is 0 Å². The molecular weight excluding hydrogens is 348 g/mol. The molecule has 0 bridgehead atoms. The van der Waals surface area contributed by atoms with Crippen molar-refractivity contribution in [3.63, 3.8) is 0 Å². The fraction of sp³-hybridized carbons (Fsp3) is 0.300. The first-order valence-corrected chi connectivity index (χ1v) is 9.45. The van der Waals surface area contributed by atoms with Gasteiger partial charge in [-0.3, -0.25) is 9.59 Å². The molecule has 5 nitrogen and oxygen atoms in total. The van der Waals surface area contributed by atoms with Crippen LogP contribution < -0.4 is 15.6 Å². The van der Waals surface area contributed by atoms with E-state index >= 15 is 0 Å². The van der Waals surface area contributed by atoms with E-state index < -0.39 is 0 Å². The van der Waals surface area contributed by atoms with Crippen molar-refractivity contribution in [2.24, 2.45) is 0 Å². The first kappa shape index (κ1) is 18.2. The third-order valence-corrected chi connectivity index (χ3v) is 5.33. The number of hydrogen-bond acceptors (Lipinski definition) is 4. The molecule has 3 aromatic rings. The number of aromatic nitrogens is 1. The molecule has 0 saturated heterocycles. The first-order chi connectivity index (χ1) is 12.6. The van der Waals surface area contributed by atoms with Gasteiger partial charge in [-0.2, -0.15) is 0 Å². The second-order valence-corrected chi connectivity index (χ2v) is 7.21. The van der Waals surface area contributed by atoms with Crippen molar-refractivity contribution in [1.29, 1.82) is 0 Å². The zero-order valence-corrected chi connectivity index (χ0v) is 15.7. The van der Waals surface area contributed by atoms with Crippen molar-refractivity contribution in [2.75, 3.05) is 13.7 Å². The van der Waals surface area contributed by atoms with Crippen molar-refractivity contribution in [3.8, 4) is 5.75 Å². The lowest BCUT2D eigenvalue weighted by Gasteiger charge is -2.10. The molecule has 0 aliphatic heterocycles. The highest BCUT2D eigenvalue weighted by atomic mass is 32.1. The number of thiophene rings is 1. The van der Waals surface area contributed by atoms with Crippen LogP contribution in [-0.4, -0.2) is 24.5 Å². The zero-order valence-electron chi connectivity index (χ0n) is 14.9. The molecule has 0 atom stereocenters. The summed E-state index contributed by atoms with van der Waals surface area (Å²) in [5, 5.41) is 5.87. The number of nitrogens with one attached hydrogen (secondary N) is 2. The molecular formula is C20H22N2O3S. The fourth-order valence-corrected chi connectivity index (χ4v) is 3.63. The van der Waals surface area contributed by atoms with Crippen molar-refractivity contribution in [3.05, 3.63) is 62.1 Å². The molecule has 6 heteroatoms. The summed E-state index contributed by atoms with van der Waals surface area (Å²) in [7, 11) is 1.59. The number of amides is 1. The van der Waals surface area contributed by atoms with Crippen molar-refractivity contribution < 1.29 is 9.53 Å². The zero-order chi connectivity index (χ0) is 18.5. The van der Waals surface area contributed by atoms with Crippen LogP contribution in [0, 0.1) is 6.92 Å². The minimum Gasteiger partial charge on any atom is -0.495 e. The topological polar surface area (TPSA) is 71.2 Å². The van der Waals surface area contributed by atoms with Gasteiger partial charge >= 0.3 is 0 Å². The molecule has 1 amide bonds. The Hall–Kier alpha value is -2.60. The van der Waals surface area contributed by atoms with Gasteiger partial charge in [0.15, 0.2) is 0 Å². The Balaban J connectivity index is 1.63. The Labute approximate surface area is 156 Å². The quantitative estimate of drug-likeness (QED) is 0.671. The molecule has 0 spiro atoms. The normalized spacial score (nSPS) is 10.8. The van der Waals surface area contributed by atoms with E-state index in [-0.39, 0.29) is 11.5 Å². The summed E-state index contributed by atoms with van der Waals surface area (Å²) >= 11 is 1.66. The molecule has 2 N–H and O–H groups in total. The number of pyridine rings is 1. The molecule has 0 saturated carbocycles. The maximum absolute atomic E-state index is 12.3. The molecule has 2 aromatic heterocycles. The number of ether oxygens (including phenoxy) is 1. The largest absolute Gasteiger partial charge is 0.495 e. The summed E-state index contributed by atoms with van der Waals surface area (Å²) in [6.07, 6.45) is 1.70. The van der Waals surface area contributed by atoms with Crippen LogP contribution in [0.2, 0.25) is 0 Å². The molecule has 2 heterocycles. The van der Waals surface area contributed by atoms with Gasteiger partial charge in [0.1, 0.15) is 5.75 Å². The van der Waals surface area contributed by atoms with Crippen LogP contribution in [-0.2, 0) is 17.6 Å². The Morgan fingerprint density at radius 3 is 2.85 bits per heavy atom. The lowest BCUT2D eigenvalue weighted by Crippen LogP contribution is -2.27. The number of aryl methyl sites for hydroxylation is 2. The Morgan fingerprint density at radius 2 is 2.12 bits per heavy atom. The minimum atomic E-state index is -0.144. The van der Waals surface area contributed by atoms with Gasteiger partial charge in [-0.15, -0.1) is 11.3 Å². The van der Waals surface area contributed by atoms with Gasteiger partial charge in [0.05, 0.1) is 12.6 Å². The first-order valence-electron chi connectivity index (χ1n) is 8.57. The number of aromatic amines is 1. The summed E-state index contributed by atoms with van der Waals surface area (Å²) in [6, 6.07) is 9.73. The van der Waals surface area contributed by atoms with E-state index in [2.05, 4.69) is 10.3 Å². The van der Waals surface area contributed by atoms with Gasteiger partial charge in [0.2, 0.25) is 5.91 Å². The molecule has 136 valence electrons. The minimum absolute atomic E-state index is 0.00784. The number of H-pyrrole nitrogens is 1. The van der Waals surface area contributed by atoms with Crippen LogP contribution >= 0.6 is 11.3 Å². The maximum Gasteiger partial charge on any atom is 0.251 e. The second kappa shape index (κ2) is 8.19. The number of hydrogen-bond donors (Lipinski definition) is 2. The number of fused-ring (bicyclic) bond motifs is 1. The highest BCUT2D eigenvalue weighted by molar-refractivity contribution is 7.09. The molecule has 0 fully saturated rings. The third kappa shape index (κ3) is 4.14. The van der Waals surface area contributed by atoms with Gasteiger partial charge in [-0.05, 0) is 48.9 Å². The highest BCUT2D eigenvalue weighted by Crippen LogP contribution is 2.25. The third-order valence-electron chi connectivity index (χ3n) is 4.39. The van der Waals surface area contributed by atoms with E-state index in [4.69, 9.17) is 4.74 Å². The number of methoxy groups -OCH3 is 1. The molecule has 3 rings (SSSR count). The average molecular weight is 370 g/mol. The van der Waals surface area contributed by atoms with Crippen LogP contribution in [0.15, 0.2) is 40.5 Å². The molecule has 0 aliphatic carbocycles. The number of rotatable bonds is 7. The summed E-state index contributed by atoms with van der Waals surface area (Å²) in [4.78, 5) is 28.4. The van der Waals surface area contributed by atoms with Crippen LogP contribution in [0.5, 0.6) is 5.75 Å². The Morgan fingerprint density at radius 1 is 1.27 bits per heavy atom.